The lowest BCUT2D eigenvalue weighted by Gasteiger charge is -2.27. The van der Waals surface area contributed by atoms with Gasteiger partial charge in [0, 0.05) is 31.5 Å². The van der Waals surface area contributed by atoms with E-state index in [0.29, 0.717) is 18.7 Å². The average Bonchev–Trinajstić information content (AvgIpc) is 3.06. The third-order valence-electron chi connectivity index (χ3n) is 5.73. The molecule has 0 radical (unpaired) electrons. The lowest BCUT2D eigenvalue weighted by atomic mass is 10.1. The summed E-state index contributed by atoms with van der Waals surface area (Å²) in [6.07, 6.45) is 5.64. The van der Waals surface area contributed by atoms with Crippen LogP contribution in [0.4, 0.5) is 5.82 Å². The van der Waals surface area contributed by atoms with Crippen LogP contribution in [-0.2, 0) is 13.1 Å². The van der Waals surface area contributed by atoms with E-state index in [9.17, 15) is 4.79 Å². The van der Waals surface area contributed by atoms with Gasteiger partial charge in [-0.1, -0.05) is 36.4 Å². The van der Waals surface area contributed by atoms with Crippen molar-refractivity contribution in [3.05, 3.63) is 76.7 Å². The van der Waals surface area contributed by atoms with E-state index >= 15 is 0 Å². The molecule has 1 aromatic carbocycles. The molecule has 6 heteroatoms. The standard InChI is InChI=1S/C24H29N5O/c1-18-23(19(2)29(27-18)17-20-9-5-3-6-10-20)24(30)26-16-21-11-12-22(25-15-21)28-13-7-4-8-14-28/h3,5-6,9-12,15H,4,7-8,13-14,16-17H2,1-2H3,(H,26,30). The highest BCUT2D eigenvalue weighted by Crippen LogP contribution is 2.18. The van der Waals surface area contributed by atoms with Crippen LogP contribution in [0.5, 0.6) is 0 Å². The van der Waals surface area contributed by atoms with Crippen LogP contribution in [0, 0.1) is 13.8 Å². The van der Waals surface area contributed by atoms with Gasteiger partial charge in [0.2, 0.25) is 0 Å². The molecule has 4 rings (SSSR count). The summed E-state index contributed by atoms with van der Waals surface area (Å²) in [4.78, 5) is 19.8. The maximum atomic E-state index is 12.8. The first-order valence-electron chi connectivity index (χ1n) is 10.7. The Morgan fingerprint density at radius 1 is 1.00 bits per heavy atom. The number of nitrogens with one attached hydrogen (secondary N) is 1. The van der Waals surface area contributed by atoms with Gasteiger partial charge in [0.1, 0.15) is 5.82 Å². The number of carbonyl (C=O) groups excluding carboxylic acids is 1. The maximum absolute atomic E-state index is 12.8. The van der Waals surface area contributed by atoms with Crippen molar-refractivity contribution < 1.29 is 4.79 Å². The molecule has 0 bridgehead atoms. The topological polar surface area (TPSA) is 63.1 Å². The highest BCUT2D eigenvalue weighted by Gasteiger charge is 2.19. The maximum Gasteiger partial charge on any atom is 0.255 e. The van der Waals surface area contributed by atoms with Crippen molar-refractivity contribution in [1.29, 1.82) is 0 Å². The molecule has 1 fully saturated rings. The number of hydrogen-bond acceptors (Lipinski definition) is 4. The summed E-state index contributed by atoms with van der Waals surface area (Å²) in [6.45, 7) is 7.10. The van der Waals surface area contributed by atoms with Gasteiger partial charge in [-0.3, -0.25) is 9.48 Å². The number of hydrogen-bond donors (Lipinski definition) is 1. The Morgan fingerprint density at radius 2 is 1.77 bits per heavy atom. The molecular weight excluding hydrogens is 374 g/mol. The van der Waals surface area contributed by atoms with E-state index in [1.54, 1.807) is 0 Å². The van der Waals surface area contributed by atoms with Crippen molar-refractivity contribution in [2.75, 3.05) is 18.0 Å². The minimum absolute atomic E-state index is 0.0931. The Bertz CT molecular complexity index is 988. The number of rotatable bonds is 6. The molecule has 1 saturated heterocycles. The first kappa shape index (κ1) is 20.1. The fraction of sp³-hybridized carbons (Fsp3) is 0.375. The van der Waals surface area contributed by atoms with Crippen molar-refractivity contribution in [1.82, 2.24) is 20.1 Å². The monoisotopic (exact) mass is 403 g/mol. The van der Waals surface area contributed by atoms with E-state index in [2.05, 4.69) is 44.6 Å². The summed E-state index contributed by atoms with van der Waals surface area (Å²) in [5.74, 6) is 0.933. The van der Waals surface area contributed by atoms with Gasteiger partial charge in [-0.2, -0.15) is 5.10 Å². The van der Waals surface area contributed by atoms with E-state index in [0.717, 1.165) is 41.4 Å². The summed E-state index contributed by atoms with van der Waals surface area (Å²) in [5.41, 5.74) is 4.45. The van der Waals surface area contributed by atoms with Crippen molar-refractivity contribution in [2.24, 2.45) is 0 Å². The average molecular weight is 404 g/mol. The van der Waals surface area contributed by atoms with Gasteiger partial charge in [-0.25, -0.2) is 4.98 Å². The van der Waals surface area contributed by atoms with E-state index < -0.39 is 0 Å². The van der Waals surface area contributed by atoms with Gasteiger partial charge < -0.3 is 10.2 Å². The third kappa shape index (κ3) is 4.53. The predicted octanol–water partition coefficient (Wildman–Crippen LogP) is 3.86. The van der Waals surface area contributed by atoms with Crippen LogP contribution in [0.15, 0.2) is 48.7 Å². The minimum Gasteiger partial charge on any atom is -0.357 e. The zero-order chi connectivity index (χ0) is 20.9. The summed E-state index contributed by atoms with van der Waals surface area (Å²) in [6, 6.07) is 14.3. The number of amides is 1. The normalized spacial score (nSPS) is 14.0. The van der Waals surface area contributed by atoms with Gasteiger partial charge >= 0.3 is 0 Å². The highest BCUT2D eigenvalue weighted by molar-refractivity contribution is 5.96. The van der Waals surface area contributed by atoms with Gasteiger partial charge in [0.25, 0.3) is 5.91 Å². The highest BCUT2D eigenvalue weighted by atomic mass is 16.1. The molecule has 1 aliphatic rings. The van der Waals surface area contributed by atoms with Crippen LogP contribution in [0.1, 0.15) is 52.1 Å². The molecule has 1 amide bonds. The van der Waals surface area contributed by atoms with Crippen LogP contribution < -0.4 is 10.2 Å². The first-order valence-corrected chi connectivity index (χ1v) is 10.7. The predicted molar refractivity (Wildman–Crippen MR) is 119 cm³/mol. The molecule has 1 aliphatic heterocycles. The third-order valence-corrected chi connectivity index (χ3v) is 5.73. The number of carbonyl (C=O) groups is 1. The first-order chi connectivity index (χ1) is 14.6. The Hall–Kier alpha value is -3.15. The summed E-state index contributed by atoms with van der Waals surface area (Å²) in [7, 11) is 0. The second kappa shape index (κ2) is 9.11. The van der Waals surface area contributed by atoms with Crippen molar-refractivity contribution in [3.63, 3.8) is 0 Å². The number of pyridine rings is 1. The molecule has 0 saturated carbocycles. The van der Waals surface area contributed by atoms with Gasteiger partial charge in [-0.15, -0.1) is 0 Å². The SMILES string of the molecule is Cc1nn(Cc2ccccc2)c(C)c1C(=O)NCc1ccc(N2CCCCC2)nc1. The molecule has 2 aromatic heterocycles. The van der Waals surface area contributed by atoms with Crippen LogP contribution in [-0.4, -0.2) is 33.8 Å². The zero-order valence-electron chi connectivity index (χ0n) is 17.8. The van der Waals surface area contributed by atoms with Crippen LogP contribution in [0.25, 0.3) is 0 Å². The van der Waals surface area contributed by atoms with Gasteiger partial charge in [-0.05, 0) is 50.3 Å². The van der Waals surface area contributed by atoms with Crippen molar-refractivity contribution in [3.8, 4) is 0 Å². The van der Waals surface area contributed by atoms with Gasteiger partial charge in [0.05, 0.1) is 17.8 Å². The van der Waals surface area contributed by atoms with Crippen molar-refractivity contribution >= 4 is 11.7 Å². The van der Waals surface area contributed by atoms with Crippen LogP contribution in [0.3, 0.4) is 0 Å². The minimum atomic E-state index is -0.0931. The second-order valence-corrected chi connectivity index (χ2v) is 7.94. The molecular formula is C24H29N5O. The summed E-state index contributed by atoms with van der Waals surface area (Å²) in [5, 5.41) is 7.61. The van der Waals surface area contributed by atoms with Crippen LogP contribution >= 0.6 is 0 Å². The van der Waals surface area contributed by atoms with E-state index in [1.165, 1.54) is 19.3 Å². The molecule has 0 unspecified atom stereocenters. The molecule has 3 aromatic rings. The molecule has 3 heterocycles. The van der Waals surface area contributed by atoms with E-state index in [4.69, 9.17) is 0 Å². The number of piperidine rings is 1. The molecule has 1 N–H and O–H groups in total. The fourth-order valence-electron chi connectivity index (χ4n) is 4.04. The van der Waals surface area contributed by atoms with Crippen LogP contribution in [0.2, 0.25) is 0 Å². The largest absolute Gasteiger partial charge is 0.357 e. The van der Waals surface area contributed by atoms with E-state index in [-0.39, 0.29) is 5.91 Å². The molecule has 0 aliphatic carbocycles. The quantitative estimate of drug-likeness (QED) is 0.679. The Morgan fingerprint density at radius 3 is 2.47 bits per heavy atom. The fourth-order valence-corrected chi connectivity index (χ4v) is 4.04. The molecule has 0 atom stereocenters. The lowest BCUT2D eigenvalue weighted by molar-refractivity contribution is 0.0949. The number of aromatic nitrogens is 3. The Labute approximate surface area is 177 Å². The molecule has 0 spiro atoms. The summed E-state index contributed by atoms with van der Waals surface area (Å²) >= 11 is 0. The molecule has 6 nitrogen and oxygen atoms in total. The number of benzene rings is 1. The lowest BCUT2D eigenvalue weighted by Crippen LogP contribution is -2.30. The molecule has 156 valence electrons. The number of anilines is 1. The van der Waals surface area contributed by atoms with Gasteiger partial charge in [0.15, 0.2) is 0 Å². The molecule has 30 heavy (non-hydrogen) atoms. The zero-order valence-corrected chi connectivity index (χ0v) is 17.8. The Balaban J connectivity index is 1.39. The smallest absolute Gasteiger partial charge is 0.255 e. The summed E-state index contributed by atoms with van der Waals surface area (Å²) < 4.78 is 1.90. The number of nitrogens with zero attached hydrogens (tertiary/aromatic N) is 4. The Kier molecular flexibility index (Phi) is 6.12. The number of aryl methyl sites for hydroxylation is 1. The van der Waals surface area contributed by atoms with E-state index in [1.807, 2.05) is 42.9 Å². The second-order valence-electron chi connectivity index (χ2n) is 7.94. The van der Waals surface area contributed by atoms with Crippen molar-refractivity contribution in [2.45, 2.75) is 46.2 Å².